The third-order valence-electron chi connectivity index (χ3n) is 5.47. The van der Waals surface area contributed by atoms with Crippen LogP contribution in [0.15, 0.2) is 88.5 Å². The van der Waals surface area contributed by atoms with Gasteiger partial charge in [-0.05, 0) is 29.7 Å². The van der Waals surface area contributed by atoms with Gasteiger partial charge in [-0.1, -0.05) is 66.2 Å². The maximum Gasteiger partial charge on any atom is 0.335 e. The molecule has 7 nitrogen and oxygen atoms in total. The first kappa shape index (κ1) is 21.4. The van der Waals surface area contributed by atoms with Gasteiger partial charge in [0.25, 0.3) is 5.91 Å². The van der Waals surface area contributed by atoms with E-state index in [2.05, 4.69) is 15.3 Å². The molecule has 0 radical (unpaired) electrons. The maximum atomic E-state index is 12.6. The lowest BCUT2D eigenvalue weighted by molar-refractivity contribution is 0.102. The van der Waals surface area contributed by atoms with Gasteiger partial charge in [0.05, 0.1) is 21.8 Å². The highest BCUT2D eigenvalue weighted by molar-refractivity contribution is 6.35. The summed E-state index contributed by atoms with van der Waals surface area (Å²) in [4.78, 5) is 44.0. The van der Waals surface area contributed by atoms with Gasteiger partial charge < -0.3 is 15.4 Å². The lowest BCUT2D eigenvalue weighted by Gasteiger charge is -2.09. The SMILES string of the molecule is O=C(Nc1ccc(-c2nc(=O)c(=O)[nH]c3c2ccc2ccccc23)cc1)c1cccc(O)c1Cl. The van der Waals surface area contributed by atoms with Crippen LogP contribution in [0.25, 0.3) is 32.9 Å². The van der Waals surface area contributed by atoms with Crippen molar-refractivity contribution in [1.82, 2.24) is 9.97 Å². The Morgan fingerprint density at radius 2 is 1.65 bits per heavy atom. The third-order valence-corrected chi connectivity index (χ3v) is 5.87. The highest BCUT2D eigenvalue weighted by Crippen LogP contribution is 2.30. The monoisotopic (exact) mass is 469 g/mol. The number of halogens is 1. The normalized spacial score (nSPS) is 11.0. The second-order valence-corrected chi connectivity index (χ2v) is 7.98. The number of phenols is 1. The fraction of sp³-hybridized carbons (Fsp3) is 0. The summed E-state index contributed by atoms with van der Waals surface area (Å²) >= 11 is 6.02. The molecule has 0 aliphatic carbocycles. The van der Waals surface area contributed by atoms with Crippen LogP contribution in [0.3, 0.4) is 0 Å². The standard InChI is InChI=1S/C26H16ClN3O4/c27-21-18(6-3-7-20(21)31)24(32)28-16-11-8-15(9-12-16)22-19-13-10-14-4-1-2-5-17(14)23(19)30-26(34)25(33)29-22/h1-13,31H,(H,28,32)(H,29,30,33,34). The molecule has 34 heavy (non-hydrogen) atoms. The predicted octanol–water partition coefficient (Wildman–Crippen LogP) is 4.71. The van der Waals surface area contributed by atoms with Crippen LogP contribution in [0.5, 0.6) is 5.75 Å². The van der Waals surface area contributed by atoms with Gasteiger partial charge in [-0.3, -0.25) is 14.4 Å². The van der Waals surface area contributed by atoms with Gasteiger partial charge in [-0.25, -0.2) is 4.98 Å². The molecule has 0 aliphatic rings. The Morgan fingerprint density at radius 3 is 2.44 bits per heavy atom. The van der Waals surface area contributed by atoms with Gasteiger partial charge >= 0.3 is 11.1 Å². The van der Waals surface area contributed by atoms with Crippen LogP contribution < -0.4 is 16.4 Å². The molecule has 8 heteroatoms. The van der Waals surface area contributed by atoms with Crippen LogP contribution in [0.1, 0.15) is 10.4 Å². The zero-order valence-corrected chi connectivity index (χ0v) is 18.3. The quantitative estimate of drug-likeness (QED) is 0.331. The van der Waals surface area contributed by atoms with E-state index < -0.39 is 17.0 Å². The van der Waals surface area contributed by atoms with Crippen molar-refractivity contribution in [2.45, 2.75) is 0 Å². The summed E-state index contributed by atoms with van der Waals surface area (Å²) in [6, 6.07) is 22.4. The van der Waals surface area contributed by atoms with E-state index in [0.29, 0.717) is 27.8 Å². The Labute approximate surface area is 197 Å². The van der Waals surface area contributed by atoms with Crippen molar-refractivity contribution in [2.24, 2.45) is 0 Å². The summed E-state index contributed by atoms with van der Waals surface area (Å²) in [5.41, 5.74) is 0.360. The number of H-pyrrole nitrogens is 1. The van der Waals surface area contributed by atoms with Crippen molar-refractivity contribution in [3.05, 3.63) is 110 Å². The molecule has 0 fully saturated rings. The molecule has 0 bridgehead atoms. The molecule has 4 aromatic carbocycles. The first-order valence-corrected chi connectivity index (χ1v) is 10.7. The number of carbonyl (C=O) groups excluding carboxylic acids is 1. The van der Waals surface area contributed by atoms with Crippen molar-refractivity contribution in [3.8, 4) is 17.0 Å². The van der Waals surface area contributed by atoms with E-state index in [1.54, 1.807) is 24.3 Å². The average Bonchev–Trinajstić information content (AvgIpc) is 2.97. The van der Waals surface area contributed by atoms with Gasteiger partial charge in [-0.2, -0.15) is 0 Å². The van der Waals surface area contributed by atoms with Crippen molar-refractivity contribution in [2.75, 3.05) is 5.32 Å². The van der Waals surface area contributed by atoms with E-state index in [1.165, 1.54) is 18.2 Å². The lowest BCUT2D eigenvalue weighted by atomic mass is 10.0. The van der Waals surface area contributed by atoms with Crippen LogP contribution >= 0.6 is 11.6 Å². The largest absolute Gasteiger partial charge is 0.506 e. The van der Waals surface area contributed by atoms with Crippen molar-refractivity contribution < 1.29 is 9.90 Å². The fourth-order valence-corrected chi connectivity index (χ4v) is 4.02. The zero-order chi connectivity index (χ0) is 23.8. The molecule has 0 saturated carbocycles. The molecule has 3 N–H and O–H groups in total. The Bertz CT molecular complexity index is 1710. The Balaban J connectivity index is 1.58. The minimum absolute atomic E-state index is 0.0380. The molecule has 0 spiro atoms. The second kappa shape index (κ2) is 8.46. The van der Waals surface area contributed by atoms with E-state index in [4.69, 9.17) is 11.6 Å². The molecule has 0 atom stereocenters. The predicted molar refractivity (Wildman–Crippen MR) is 133 cm³/mol. The molecular weight excluding hydrogens is 454 g/mol. The minimum atomic E-state index is -0.897. The number of nitrogens with one attached hydrogen (secondary N) is 2. The molecule has 5 aromatic rings. The number of nitrogens with zero attached hydrogens (tertiary/aromatic N) is 1. The van der Waals surface area contributed by atoms with Gasteiger partial charge in [-0.15, -0.1) is 0 Å². The molecule has 0 unspecified atom stereocenters. The van der Waals surface area contributed by atoms with E-state index in [1.807, 2.05) is 36.4 Å². The topological polar surface area (TPSA) is 112 Å². The van der Waals surface area contributed by atoms with Crippen LogP contribution in [0, 0.1) is 0 Å². The number of aromatic hydroxyl groups is 1. The van der Waals surface area contributed by atoms with Crippen LogP contribution in [0.4, 0.5) is 5.69 Å². The summed E-state index contributed by atoms with van der Waals surface area (Å²) in [5, 5.41) is 14.7. The highest BCUT2D eigenvalue weighted by Gasteiger charge is 2.14. The van der Waals surface area contributed by atoms with Gasteiger partial charge in [0.2, 0.25) is 0 Å². The highest BCUT2D eigenvalue weighted by atomic mass is 35.5. The average molecular weight is 470 g/mol. The Hall–Kier alpha value is -4.49. The maximum absolute atomic E-state index is 12.6. The molecule has 0 aliphatic heterocycles. The first-order valence-electron chi connectivity index (χ1n) is 10.3. The van der Waals surface area contributed by atoms with Crippen LogP contribution in [0.2, 0.25) is 5.02 Å². The number of aromatic nitrogens is 2. The molecular formula is C26H16ClN3O4. The Morgan fingerprint density at radius 1 is 0.882 bits per heavy atom. The summed E-state index contributed by atoms with van der Waals surface area (Å²) in [7, 11) is 0. The van der Waals surface area contributed by atoms with E-state index in [0.717, 1.165) is 10.8 Å². The number of fused-ring (bicyclic) bond motifs is 3. The Kier molecular flexibility index (Phi) is 5.31. The molecule has 5 rings (SSSR count). The summed E-state index contributed by atoms with van der Waals surface area (Å²) in [5.74, 6) is -0.669. The van der Waals surface area contributed by atoms with Gasteiger partial charge in [0, 0.05) is 22.0 Å². The summed E-state index contributed by atoms with van der Waals surface area (Å²) < 4.78 is 0. The molecule has 0 saturated heterocycles. The molecule has 1 aromatic heterocycles. The number of amides is 1. The van der Waals surface area contributed by atoms with Crippen molar-refractivity contribution >= 4 is 44.9 Å². The van der Waals surface area contributed by atoms with Crippen LogP contribution in [-0.2, 0) is 0 Å². The molecule has 1 amide bonds. The third kappa shape index (κ3) is 3.78. The summed E-state index contributed by atoms with van der Waals surface area (Å²) in [6.07, 6.45) is 0. The number of hydrogen-bond acceptors (Lipinski definition) is 5. The second-order valence-electron chi connectivity index (χ2n) is 7.60. The zero-order valence-electron chi connectivity index (χ0n) is 17.5. The van der Waals surface area contributed by atoms with Crippen LogP contribution in [-0.4, -0.2) is 21.0 Å². The number of benzene rings is 4. The van der Waals surface area contributed by atoms with E-state index in [-0.39, 0.29) is 16.3 Å². The smallest absolute Gasteiger partial charge is 0.335 e. The minimum Gasteiger partial charge on any atom is -0.506 e. The van der Waals surface area contributed by atoms with Crippen molar-refractivity contribution in [1.29, 1.82) is 0 Å². The lowest BCUT2D eigenvalue weighted by Crippen LogP contribution is -2.25. The fourth-order valence-electron chi connectivity index (χ4n) is 3.81. The van der Waals surface area contributed by atoms with Gasteiger partial charge in [0.15, 0.2) is 0 Å². The number of phenolic OH excluding ortho intramolecular Hbond substituents is 1. The molecule has 1 heterocycles. The number of carbonyl (C=O) groups is 1. The van der Waals surface area contributed by atoms with Crippen molar-refractivity contribution in [3.63, 3.8) is 0 Å². The van der Waals surface area contributed by atoms with E-state index >= 15 is 0 Å². The number of aromatic amines is 1. The first-order chi connectivity index (χ1) is 16.4. The van der Waals surface area contributed by atoms with Gasteiger partial charge in [0.1, 0.15) is 5.75 Å². The number of rotatable bonds is 3. The summed E-state index contributed by atoms with van der Waals surface area (Å²) in [6.45, 7) is 0. The molecule has 166 valence electrons. The number of anilines is 1. The number of hydrogen-bond donors (Lipinski definition) is 3. The van der Waals surface area contributed by atoms with E-state index in [9.17, 15) is 19.5 Å².